The van der Waals surface area contributed by atoms with Gasteiger partial charge in [0, 0.05) is 12.2 Å². The van der Waals surface area contributed by atoms with E-state index >= 15 is 0 Å². The Balaban J connectivity index is 1.66. The Kier molecular flexibility index (Phi) is 5.15. The normalized spacial score (nSPS) is 17.3. The minimum absolute atomic E-state index is 0.128. The first kappa shape index (κ1) is 18.3. The van der Waals surface area contributed by atoms with Gasteiger partial charge in [0.2, 0.25) is 0 Å². The van der Waals surface area contributed by atoms with Crippen molar-refractivity contribution in [2.45, 2.75) is 38.6 Å². The van der Waals surface area contributed by atoms with E-state index in [0.717, 1.165) is 42.8 Å². The molecule has 4 rings (SSSR count). The summed E-state index contributed by atoms with van der Waals surface area (Å²) >= 11 is 0. The highest BCUT2D eigenvalue weighted by atomic mass is 16.3. The van der Waals surface area contributed by atoms with Crippen molar-refractivity contribution in [3.05, 3.63) is 82.0 Å². The van der Waals surface area contributed by atoms with Gasteiger partial charge in [0.15, 0.2) is 0 Å². The summed E-state index contributed by atoms with van der Waals surface area (Å²) in [4.78, 5) is 30.6. The van der Waals surface area contributed by atoms with Crippen LogP contribution in [0, 0.1) is 6.92 Å². The van der Waals surface area contributed by atoms with E-state index in [2.05, 4.69) is 4.98 Å². The molecule has 0 aliphatic carbocycles. The van der Waals surface area contributed by atoms with E-state index in [1.54, 1.807) is 17.0 Å². The van der Waals surface area contributed by atoms with Gasteiger partial charge in [-0.2, -0.15) is 0 Å². The number of carbonyl (C=O) groups is 1. The summed E-state index contributed by atoms with van der Waals surface area (Å²) in [6, 6.07) is 16.8. The van der Waals surface area contributed by atoms with Gasteiger partial charge in [-0.1, -0.05) is 43.2 Å². The van der Waals surface area contributed by atoms with Gasteiger partial charge in [0.1, 0.15) is 17.1 Å². The van der Waals surface area contributed by atoms with Gasteiger partial charge in [0.25, 0.3) is 11.5 Å². The largest absolute Gasteiger partial charge is 0.464 e. The van der Waals surface area contributed by atoms with Crippen LogP contribution in [-0.2, 0) is 0 Å². The fourth-order valence-electron chi connectivity index (χ4n) is 3.86. The molecular formula is C23H24N2O3. The lowest BCUT2D eigenvalue weighted by atomic mass is 10.1. The first-order chi connectivity index (χ1) is 13.6. The van der Waals surface area contributed by atoms with Crippen molar-refractivity contribution in [3.8, 4) is 11.3 Å². The second kappa shape index (κ2) is 7.89. The van der Waals surface area contributed by atoms with E-state index in [4.69, 9.17) is 4.42 Å². The van der Waals surface area contributed by atoms with Crippen molar-refractivity contribution >= 4 is 5.91 Å². The zero-order valence-electron chi connectivity index (χ0n) is 16.0. The highest BCUT2D eigenvalue weighted by molar-refractivity contribution is 5.94. The van der Waals surface area contributed by atoms with Crippen molar-refractivity contribution < 1.29 is 9.21 Å². The summed E-state index contributed by atoms with van der Waals surface area (Å²) in [7, 11) is 0. The number of carbonyl (C=O) groups excluding carboxylic acids is 1. The number of hydrogen-bond donors (Lipinski definition) is 1. The van der Waals surface area contributed by atoms with Crippen molar-refractivity contribution in [2.75, 3.05) is 6.54 Å². The predicted molar refractivity (Wildman–Crippen MR) is 108 cm³/mol. The molecule has 5 nitrogen and oxygen atoms in total. The molecule has 2 aromatic heterocycles. The van der Waals surface area contributed by atoms with Crippen LogP contribution < -0.4 is 5.56 Å². The van der Waals surface area contributed by atoms with E-state index in [-0.39, 0.29) is 23.1 Å². The summed E-state index contributed by atoms with van der Waals surface area (Å²) in [5.41, 5.74) is 1.44. The fourth-order valence-corrected chi connectivity index (χ4v) is 3.86. The van der Waals surface area contributed by atoms with Crippen LogP contribution in [0.3, 0.4) is 0 Å². The minimum Gasteiger partial charge on any atom is -0.464 e. The Labute approximate surface area is 164 Å². The molecule has 1 aliphatic heterocycles. The van der Waals surface area contributed by atoms with E-state index < -0.39 is 0 Å². The number of H-pyrrole nitrogens is 1. The number of rotatable bonds is 3. The molecule has 1 amide bonds. The van der Waals surface area contributed by atoms with Crippen LogP contribution in [0.25, 0.3) is 11.3 Å². The average Bonchev–Trinajstić information content (AvgIpc) is 3.00. The van der Waals surface area contributed by atoms with Crippen LogP contribution in [0.5, 0.6) is 0 Å². The number of likely N-dealkylation sites (tertiary alicyclic amines) is 1. The molecule has 1 aromatic carbocycles. The minimum atomic E-state index is -0.357. The van der Waals surface area contributed by atoms with Gasteiger partial charge in [0.05, 0.1) is 6.04 Å². The number of hydrogen-bond acceptors (Lipinski definition) is 3. The van der Waals surface area contributed by atoms with Crippen LogP contribution in [0.15, 0.2) is 63.8 Å². The molecule has 1 saturated heterocycles. The molecule has 0 radical (unpaired) electrons. The Hall–Kier alpha value is -3.08. The molecule has 1 aliphatic rings. The highest BCUT2D eigenvalue weighted by Crippen LogP contribution is 2.32. The smallest absolute Gasteiger partial charge is 0.261 e. The van der Waals surface area contributed by atoms with E-state index in [0.29, 0.717) is 12.2 Å². The molecule has 3 aromatic rings. The summed E-state index contributed by atoms with van der Waals surface area (Å²) in [5, 5.41) is 0. The first-order valence-corrected chi connectivity index (χ1v) is 9.79. The standard InChI is InChI=1S/C23H24N2O3/c1-16-11-14-21(28-16)20-10-6-3-7-15-25(20)23(27)18-12-13-19(24-22(18)26)17-8-4-2-5-9-17/h2,4-5,8-9,11-14,20H,3,6-7,10,15H2,1H3,(H,24,26)/t20-/m1/s1. The summed E-state index contributed by atoms with van der Waals surface area (Å²) in [6.45, 7) is 2.53. The van der Waals surface area contributed by atoms with Crippen LogP contribution in [0.2, 0.25) is 0 Å². The van der Waals surface area contributed by atoms with Gasteiger partial charge in [-0.3, -0.25) is 9.59 Å². The van der Waals surface area contributed by atoms with Gasteiger partial charge in [-0.25, -0.2) is 0 Å². The predicted octanol–water partition coefficient (Wildman–Crippen LogP) is 4.70. The Morgan fingerprint density at radius 1 is 1.04 bits per heavy atom. The maximum absolute atomic E-state index is 13.3. The Morgan fingerprint density at radius 2 is 1.86 bits per heavy atom. The Bertz CT molecular complexity index is 1020. The number of amides is 1. The summed E-state index contributed by atoms with van der Waals surface area (Å²) < 4.78 is 5.82. The number of nitrogens with one attached hydrogen (secondary N) is 1. The molecule has 1 atom stereocenters. The number of aromatic nitrogens is 1. The molecule has 5 heteroatoms. The van der Waals surface area contributed by atoms with E-state index in [9.17, 15) is 9.59 Å². The van der Waals surface area contributed by atoms with Gasteiger partial charge >= 0.3 is 0 Å². The third kappa shape index (κ3) is 3.65. The molecule has 1 fully saturated rings. The third-order valence-electron chi connectivity index (χ3n) is 5.33. The second-order valence-corrected chi connectivity index (χ2v) is 7.29. The number of furan rings is 1. The monoisotopic (exact) mass is 376 g/mol. The first-order valence-electron chi connectivity index (χ1n) is 9.79. The van der Waals surface area contributed by atoms with Crippen LogP contribution in [0.4, 0.5) is 0 Å². The summed E-state index contributed by atoms with van der Waals surface area (Å²) in [6.07, 6.45) is 3.89. The van der Waals surface area contributed by atoms with E-state index in [1.807, 2.05) is 49.4 Å². The SMILES string of the molecule is Cc1ccc([C@H]2CCCCCN2C(=O)c2ccc(-c3ccccc3)[nH]c2=O)o1. The van der Waals surface area contributed by atoms with E-state index in [1.165, 1.54) is 0 Å². The van der Waals surface area contributed by atoms with Crippen molar-refractivity contribution in [3.63, 3.8) is 0 Å². The number of pyridine rings is 1. The third-order valence-corrected chi connectivity index (χ3v) is 5.33. The molecule has 144 valence electrons. The molecular weight excluding hydrogens is 352 g/mol. The number of benzene rings is 1. The van der Waals surface area contributed by atoms with Gasteiger partial charge < -0.3 is 14.3 Å². The zero-order chi connectivity index (χ0) is 19.5. The summed E-state index contributed by atoms with van der Waals surface area (Å²) in [5.74, 6) is 1.39. The topological polar surface area (TPSA) is 66.3 Å². The number of nitrogens with zero attached hydrogens (tertiary/aromatic N) is 1. The maximum atomic E-state index is 13.3. The fraction of sp³-hybridized carbons (Fsp3) is 0.304. The molecule has 0 bridgehead atoms. The maximum Gasteiger partial charge on any atom is 0.261 e. The quantitative estimate of drug-likeness (QED) is 0.720. The van der Waals surface area contributed by atoms with Crippen LogP contribution in [-0.4, -0.2) is 22.3 Å². The van der Waals surface area contributed by atoms with Crippen molar-refractivity contribution in [1.29, 1.82) is 0 Å². The molecule has 1 N–H and O–H groups in total. The average molecular weight is 376 g/mol. The molecule has 0 unspecified atom stereocenters. The van der Waals surface area contributed by atoms with Gasteiger partial charge in [-0.15, -0.1) is 0 Å². The van der Waals surface area contributed by atoms with Gasteiger partial charge in [-0.05, 0) is 49.6 Å². The molecule has 28 heavy (non-hydrogen) atoms. The lowest BCUT2D eigenvalue weighted by Gasteiger charge is -2.28. The Morgan fingerprint density at radius 3 is 2.57 bits per heavy atom. The van der Waals surface area contributed by atoms with Crippen molar-refractivity contribution in [1.82, 2.24) is 9.88 Å². The second-order valence-electron chi connectivity index (χ2n) is 7.29. The lowest BCUT2D eigenvalue weighted by Crippen LogP contribution is -2.37. The molecule has 0 saturated carbocycles. The zero-order valence-corrected chi connectivity index (χ0v) is 16.0. The highest BCUT2D eigenvalue weighted by Gasteiger charge is 2.30. The molecule has 3 heterocycles. The molecule has 0 spiro atoms. The van der Waals surface area contributed by atoms with Crippen LogP contribution >= 0.6 is 0 Å². The van der Waals surface area contributed by atoms with Crippen LogP contribution in [0.1, 0.15) is 53.6 Å². The number of aryl methyl sites for hydroxylation is 1. The van der Waals surface area contributed by atoms with Crippen molar-refractivity contribution in [2.24, 2.45) is 0 Å². The number of aromatic amines is 1. The lowest BCUT2D eigenvalue weighted by molar-refractivity contribution is 0.0655.